The first-order valence-electron chi connectivity index (χ1n) is 5.16. The third-order valence-electron chi connectivity index (χ3n) is 2.14. The molecule has 6 nitrogen and oxygen atoms in total. The van der Waals surface area contributed by atoms with Crippen LogP contribution in [0, 0.1) is 0 Å². The van der Waals surface area contributed by atoms with Crippen LogP contribution in [0.2, 0.25) is 0 Å². The molecule has 8 heteroatoms. The Bertz CT molecular complexity index is 545. The molecule has 1 rings (SSSR count). The molecule has 0 aromatic heterocycles. The Balaban J connectivity index is 2.74. The normalized spacial score (nSPS) is 11.4. The zero-order valence-corrected chi connectivity index (χ0v) is 11.9. The Labute approximate surface area is 114 Å². The van der Waals surface area contributed by atoms with E-state index >= 15 is 0 Å². The number of hydrogen-bond donors (Lipinski definition) is 3. The Morgan fingerprint density at radius 2 is 2.06 bits per heavy atom. The fraction of sp³-hybridized carbons (Fsp3) is 0.300. The lowest BCUT2D eigenvalue weighted by Crippen LogP contribution is -2.26. The zero-order valence-electron chi connectivity index (χ0n) is 9.52. The number of nitrogens with two attached hydrogens (primary N) is 2. The molecule has 0 fully saturated rings. The van der Waals surface area contributed by atoms with Crippen LogP contribution in [-0.2, 0) is 14.8 Å². The van der Waals surface area contributed by atoms with Gasteiger partial charge in [-0.2, -0.15) is 0 Å². The fourth-order valence-electron chi connectivity index (χ4n) is 1.27. The van der Waals surface area contributed by atoms with Crippen molar-refractivity contribution in [3.05, 3.63) is 22.7 Å². The molecule has 1 aromatic carbocycles. The molecule has 18 heavy (non-hydrogen) atoms. The van der Waals surface area contributed by atoms with Crippen molar-refractivity contribution in [3.63, 3.8) is 0 Å². The smallest absolute Gasteiger partial charge is 0.241 e. The number of amides is 1. The topological polar surface area (TPSA) is 115 Å². The van der Waals surface area contributed by atoms with E-state index in [1.165, 1.54) is 6.07 Å². The third-order valence-corrected chi connectivity index (χ3v) is 4.59. The highest BCUT2D eigenvalue weighted by atomic mass is 79.9. The summed E-state index contributed by atoms with van der Waals surface area (Å²) in [5, 5.41) is 0. The molecule has 0 aliphatic heterocycles. The van der Waals surface area contributed by atoms with Crippen molar-refractivity contribution in [1.29, 1.82) is 0 Å². The van der Waals surface area contributed by atoms with Crippen LogP contribution in [0.1, 0.15) is 12.8 Å². The molecule has 1 aromatic rings. The second kappa shape index (κ2) is 6.17. The molecular weight excluding hydrogens is 322 g/mol. The molecule has 0 radical (unpaired) electrons. The molecule has 0 atom stereocenters. The molecule has 0 heterocycles. The van der Waals surface area contributed by atoms with E-state index in [0.717, 1.165) is 0 Å². The molecule has 1 amide bonds. The Kier molecular flexibility index (Phi) is 5.12. The maximum atomic E-state index is 11.9. The van der Waals surface area contributed by atoms with Gasteiger partial charge in [0.05, 0.1) is 4.90 Å². The van der Waals surface area contributed by atoms with E-state index < -0.39 is 15.9 Å². The molecule has 0 unspecified atom stereocenters. The van der Waals surface area contributed by atoms with E-state index in [1.807, 2.05) is 0 Å². The summed E-state index contributed by atoms with van der Waals surface area (Å²) in [6.07, 6.45) is 0.495. The summed E-state index contributed by atoms with van der Waals surface area (Å²) in [5.74, 6) is -0.459. The summed E-state index contributed by atoms with van der Waals surface area (Å²) >= 11 is 3.15. The number of hydrogen-bond acceptors (Lipinski definition) is 4. The number of carbonyl (C=O) groups is 1. The lowest BCUT2D eigenvalue weighted by molar-refractivity contribution is -0.118. The van der Waals surface area contributed by atoms with E-state index in [9.17, 15) is 13.2 Å². The van der Waals surface area contributed by atoms with Crippen molar-refractivity contribution in [1.82, 2.24) is 4.72 Å². The molecule has 0 spiro atoms. The van der Waals surface area contributed by atoms with Gasteiger partial charge in [0.25, 0.3) is 0 Å². The second-order valence-corrected chi connectivity index (χ2v) is 6.25. The molecule has 0 saturated carbocycles. The summed E-state index contributed by atoms with van der Waals surface area (Å²) in [6.45, 7) is 0.145. The van der Waals surface area contributed by atoms with Gasteiger partial charge in [-0.15, -0.1) is 0 Å². The van der Waals surface area contributed by atoms with Gasteiger partial charge in [0.15, 0.2) is 0 Å². The first-order valence-corrected chi connectivity index (χ1v) is 7.43. The predicted molar refractivity (Wildman–Crippen MR) is 72.2 cm³/mol. The summed E-state index contributed by atoms with van der Waals surface area (Å²) in [4.78, 5) is 10.6. The standard InChI is InChI=1S/C10H14BrN3O3S/c11-8-4-3-7(12)6-9(8)18(16,17)14-5-1-2-10(13)15/h3-4,6,14H,1-2,5,12H2,(H2,13,15). The highest BCUT2D eigenvalue weighted by Gasteiger charge is 2.17. The fourth-order valence-corrected chi connectivity index (χ4v) is 3.34. The average molecular weight is 336 g/mol. The number of nitrogen functional groups attached to an aromatic ring is 1. The van der Waals surface area contributed by atoms with Gasteiger partial charge in [-0.25, -0.2) is 13.1 Å². The van der Waals surface area contributed by atoms with Crippen LogP contribution in [0.3, 0.4) is 0 Å². The van der Waals surface area contributed by atoms with Gasteiger partial charge in [0.2, 0.25) is 15.9 Å². The highest BCUT2D eigenvalue weighted by Crippen LogP contribution is 2.23. The molecule has 5 N–H and O–H groups in total. The number of nitrogens with one attached hydrogen (secondary N) is 1. The molecule has 0 aliphatic carbocycles. The minimum atomic E-state index is -3.64. The van der Waals surface area contributed by atoms with E-state index in [0.29, 0.717) is 16.6 Å². The maximum absolute atomic E-state index is 11.9. The number of anilines is 1. The van der Waals surface area contributed by atoms with Crippen molar-refractivity contribution in [2.75, 3.05) is 12.3 Å². The minimum absolute atomic E-state index is 0.0709. The van der Waals surface area contributed by atoms with E-state index in [4.69, 9.17) is 11.5 Å². The van der Waals surface area contributed by atoms with E-state index in [-0.39, 0.29) is 17.9 Å². The Hall–Kier alpha value is -1.12. The van der Waals surface area contributed by atoms with Crippen LogP contribution < -0.4 is 16.2 Å². The average Bonchev–Trinajstić information content (AvgIpc) is 2.27. The second-order valence-electron chi connectivity index (χ2n) is 3.66. The van der Waals surface area contributed by atoms with Crippen molar-refractivity contribution in [2.45, 2.75) is 17.7 Å². The van der Waals surface area contributed by atoms with Crippen LogP contribution in [-0.4, -0.2) is 20.9 Å². The Morgan fingerprint density at radius 3 is 2.67 bits per heavy atom. The van der Waals surface area contributed by atoms with Crippen molar-refractivity contribution < 1.29 is 13.2 Å². The Morgan fingerprint density at radius 1 is 1.39 bits per heavy atom. The quantitative estimate of drug-likeness (QED) is 0.520. The lowest BCUT2D eigenvalue weighted by Gasteiger charge is -2.08. The van der Waals surface area contributed by atoms with Crippen LogP contribution in [0.25, 0.3) is 0 Å². The van der Waals surface area contributed by atoms with E-state index in [1.54, 1.807) is 12.1 Å². The van der Waals surface area contributed by atoms with Crippen molar-refractivity contribution >= 4 is 37.5 Å². The van der Waals surface area contributed by atoms with Gasteiger partial charge < -0.3 is 11.5 Å². The van der Waals surface area contributed by atoms with Gasteiger partial charge in [-0.05, 0) is 40.5 Å². The first-order chi connectivity index (χ1) is 8.33. The molecule has 100 valence electrons. The van der Waals surface area contributed by atoms with Crippen LogP contribution in [0.4, 0.5) is 5.69 Å². The first kappa shape index (κ1) is 14.9. The maximum Gasteiger partial charge on any atom is 0.241 e. The minimum Gasteiger partial charge on any atom is -0.399 e. The summed E-state index contributed by atoms with van der Waals surface area (Å²) in [7, 11) is -3.64. The van der Waals surface area contributed by atoms with Crippen LogP contribution in [0.5, 0.6) is 0 Å². The number of benzene rings is 1. The van der Waals surface area contributed by atoms with E-state index in [2.05, 4.69) is 20.7 Å². The third kappa shape index (κ3) is 4.28. The SMILES string of the molecule is NC(=O)CCCNS(=O)(=O)c1cc(N)ccc1Br. The van der Waals surface area contributed by atoms with Crippen LogP contribution in [0.15, 0.2) is 27.6 Å². The largest absolute Gasteiger partial charge is 0.399 e. The number of primary amides is 1. The monoisotopic (exact) mass is 335 g/mol. The van der Waals surface area contributed by atoms with Crippen molar-refractivity contribution in [2.24, 2.45) is 5.73 Å². The van der Waals surface area contributed by atoms with Gasteiger partial charge in [0.1, 0.15) is 0 Å². The molecule has 0 bridgehead atoms. The number of carbonyl (C=O) groups excluding carboxylic acids is 1. The molecule has 0 saturated heterocycles. The van der Waals surface area contributed by atoms with Gasteiger partial charge in [0, 0.05) is 23.1 Å². The summed E-state index contributed by atoms with van der Waals surface area (Å²) in [6, 6.07) is 4.52. The number of halogens is 1. The van der Waals surface area contributed by atoms with Crippen LogP contribution >= 0.6 is 15.9 Å². The highest BCUT2D eigenvalue weighted by molar-refractivity contribution is 9.10. The van der Waals surface area contributed by atoms with Crippen molar-refractivity contribution in [3.8, 4) is 0 Å². The molecular formula is C10H14BrN3O3S. The van der Waals surface area contributed by atoms with Gasteiger partial charge in [-0.3, -0.25) is 4.79 Å². The molecule has 0 aliphatic rings. The lowest BCUT2D eigenvalue weighted by atomic mass is 10.3. The summed E-state index contributed by atoms with van der Waals surface area (Å²) < 4.78 is 26.7. The number of sulfonamides is 1. The number of rotatable bonds is 6. The zero-order chi connectivity index (χ0) is 13.8. The predicted octanol–water partition coefficient (Wildman–Crippen LogP) is 0.575. The summed E-state index contributed by atoms with van der Waals surface area (Å²) in [5.41, 5.74) is 10.9. The van der Waals surface area contributed by atoms with Gasteiger partial charge >= 0.3 is 0 Å². The van der Waals surface area contributed by atoms with Gasteiger partial charge in [-0.1, -0.05) is 0 Å².